The smallest absolute Gasteiger partial charge is 0.314 e. The Morgan fingerprint density at radius 2 is 2.14 bits per heavy atom. The highest BCUT2D eigenvalue weighted by Crippen LogP contribution is 1.89. The van der Waals surface area contributed by atoms with Gasteiger partial charge in [-0.05, 0) is 6.42 Å². The summed E-state index contributed by atoms with van der Waals surface area (Å²) in [6, 6.07) is -0.188. The molecule has 1 atom stereocenters. The lowest BCUT2D eigenvalue weighted by Gasteiger charge is -2.11. The SMILES string of the molecule is CCCCNC(=O)NCC(C)C(=N)N. The third-order valence-corrected chi connectivity index (χ3v) is 1.92. The Balaban J connectivity index is 3.48. The van der Waals surface area contributed by atoms with Gasteiger partial charge in [0.25, 0.3) is 0 Å². The summed E-state index contributed by atoms with van der Waals surface area (Å²) in [4.78, 5) is 11.1. The highest BCUT2D eigenvalue weighted by atomic mass is 16.2. The van der Waals surface area contributed by atoms with Crippen LogP contribution >= 0.6 is 0 Å². The summed E-state index contributed by atoms with van der Waals surface area (Å²) in [5.41, 5.74) is 5.26. The molecule has 0 aliphatic rings. The monoisotopic (exact) mass is 200 g/mol. The molecule has 0 aromatic carbocycles. The molecule has 0 saturated heterocycles. The molecular formula is C9H20N4O. The van der Waals surface area contributed by atoms with Crippen LogP contribution in [-0.2, 0) is 0 Å². The third kappa shape index (κ3) is 6.28. The molecule has 1 unspecified atom stereocenters. The molecule has 0 aromatic heterocycles. The number of unbranched alkanes of at least 4 members (excludes halogenated alkanes) is 1. The van der Waals surface area contributed by atoms with Gasteiger partial charge in [0.1, 0.15) is 0 Å². The van der Waals surface area contributed by atoms with Gasteiger partial charge in [-0.15, -0.1) is 0 Å². The Morgan fingerprint density at radius 3 is 2.64 bits per heavy atom. The van der Waals surface area contributed by atoms with Crippen molar-refractivity contribution in [1.29, 1.82) is 5.41 Å². The first-order valence-corrected chi connectivity index (χ1v) is 4.93. The van der Waals surface area contributed by atoms with Gasteiger partial charge in [-0.2, -0.15) is 0 Å². The number of urea groups is 1. The molecular weight excluding hydrogens is 180 g/mol. The van der Waals surface area contributed by atoms with E-state index in [2.05, 4.69) is 17.6 Å². The van der Waals surface area contributed by atoms with E-state index in [-0.39, 0.29) is 17.8 Å². The van der Waals surface area contributed by atoms with Crippen LogP contribution in [-0.4, -0.2) is 25.0 Å². The predicted octanol–water partition coefficient (Wildman–Crippen LogP) is 0.658. The minimum absolute atomic E-state index is 0.0962. The van der Waals surface area contributed by atoms with Crippen molar-refractivity contribution in [2.75, 3.05) is 13.1 Å². The van der Waals surface area contributed by atoms with Gasteiger partial charge >= 0.3 is 6.03 Å². The van der Waals surface area contributed by atoms with Crippen LogP contribution in [0.25, 0.3) is 0 Å². The van der Waals surface area contributed by atoms with Gasteiger partial charge in [0.15, 0.2) is 0 Å². The first-order valence-electron chi connectivity index (χ1n) is 4.93. The fourth-order valence-electron chi connectivity index (χ4n) is 0.797. The molecule has 0 heterocycles. The summed E-state index contributed by atoms with van der Waals surface area (Å²) in [5.74, 6) is -0.00853. The largest absolute Gasteiger partial charge is 0.387 e. The highest BCUT2D eigenvalue weighted by Gasteiger charge is 2.06. The van der Waals surface area contributed by atoms with Gasteiger partial charge in [-0.3, -0.25) is 5.41 Å². The van der Waals surface area contributed by atoms with E-state index in [1.54, 1.807) is 6.92 Å². The second-order valence-corrected chi connectivity index (χ2v) is 3.35. The number of carbonyl (C=O) groups is 1. The molecule has 0 spiro atoms. The number of hydrogen-bond acceptors (Lipinski definition) is 2. The Labute approximate surface area is 84.9 Å². The molecule has 14 heavy (non-hydrogen) atoms. The maximum Gasteiger partial charge on any atom is 0.314 e. The third-order valence-electron chi connectivity index (χ3n) is 1.92. The molecule has 0 aliphatic carbocycles. The van der Waals surface area contributed by atoms with Crippen LogP contribution in [0.3, 0.4) is 0 Å². The fourth-order valence-corrected chi connectivity index (χ4v) is 0.797. The molecule has 0 aromatic rings. The lowest BCUT2D eigenvalue weighted by atomic mass is 10.1. The molecule has 82 valence electrons. The van der Waals surface area contributed by atoms with E-state index in [9.17, 15) is 4.79 Å². The van der Waals surface area contributed by atoms with Crippen LogP contribution < -0.4 is 16.4 Å². The summed E-state index contributed by atoms with van der Waals surface area (Å²) in [6.07, 6.45) is 2.04. The second kappa shape index (κ2) is 7.17. The molecule has 0 fully saturated rings. The minimum Gasteiger partial charge on any atom is -0.387 e. The predicted molar refractivity (Wildman–Crippen MR) is 57.4 cm³/mol. The number of amides is 2. The summed E-state index contributed by atoms with van der Waals surface area (Å²) >= 11 is 0. The van der Waals surface area contributed by atoms with E-state index >= 15 is 0 Å². The van der Waals surface area contributed by atoms with Gasteiger partial charge in [-0.25, -0.2) is 4.79 Å². The summed E-state index contributed by atoms with van der Waals surface area (Å²) in [6.45, 7) is 4.97. The summed E-state index contributed by atoms with van der Waals surface area (Å²) in [5, 5.41) is 12.5. The number of nitrogens with one attached hydrogen (secondary N) is 3. The Kier molecular flexibility index (Phi) is 6.53. The topological polar surface area (TPSA) is 91.0 Å². The number of rotatable bonds is 6. The molecule has 0 bridgehead atoms. The average molecular weight is 200 g/mol. The number of carbonyl (C=O) groups excluding carboxylic acids is 1. The number of amidine groups is 1. The van der Waals surface area contributed by atoms with E-state index in [4.69, 9.17) is 11.1 Å². The van der Waals surface area contributed by atoms with E-state index in [0.717, 1.165) is 12.8 Å². The van der Waals surface area contributed by atoms with Crippen molar-refractivity contribution in [3.63, 3.8) is 0 Å². The zero-order valence-electron chi connectivity index (χ0n) is 8.89. The maximum atomic E-state index is 11.1. The molecule has 2 amide bonds. The molecule has 0 aliphatic heterocycles. The van der Waals surface area contributed by atoms with Crippen LogP contribution in [0.15, 0.2) is 0 Å². The number of hydrogen-bond donors (Lipinski definition) is 4. The lowest BCUT2D eigenvalue weighted by molar-refractivity contribution is 0.240. The van der Waals surface area contributed by atoms with Gasteiger partial charge in [0, 0.05) is 19.0 Å². The van der Waals surface area contributed by atoms with Crippen molar-refractivity contribution in [2.24, 2.45) is 11.7 Å². The molecule has 0 saturated carbocycles. The molecule has 5 N–H and O–H groups in total. The molecule has 5 nitrogen and oxygen atoms in total. The van der Waals surface area contributed by atoms with Gasteiger partial charge in [0.05, 0.1) is 5.84 Å². The number of nitrogens with two attached hydrogens (primary N) is 1. The van der Waals surface area contributed by atoms with Crippen LogP contribution in [0.4, 0.5) is 4.79 Å². The molecule has 5 heteroatoms. The molecule has 0 rings (SSSR count). The minimum atomic E-state index is -0.188. The first kappa shape index (κ1) is 12.7. The zero-order valence-corrected chi connectivity index (χ0v) is 8.89. The second-order valence-electron chi connectivity index (χ2n) is 3.35. The summed E-state index contributed by atoms with van der Waals surface area (Å²) < 4.78 is 0. The van der Waals surface area contributed by atoms with Crippen molar-refractivity contribution in [1.82, 2.24) is 10.6 Å². The Bertz CT molecular complexity index is 193. The fraction of sp³-hybridized carbons (Fsp3) is 0.778. The van der Waals surface area contributed by atoms with E-state index < -0.39 is 0 Å². The highest BCUT2D eigenvalue weighted by molar-refractivity contribution is 5.80. The van der Waals surface area contributed by atoms with Crippen LogP contribution in [0.1, 0.15) is 26.7 Å². The van der Waals surface area contributed by atoms with Crippen LogP contribution in [0.5, 0.6) is 0 Å². The quantitative estimate of drug-likeness (QED) is 0.288. The summed E-state index contributed by atoms with van der Waals surface area (Å²) in [7, 11) is 0. The van der Waals surface area contributed by atoms with Crippen molar-refractivity contribution in [3.8, 4) is 0 Å². The van der Waals surface area contributed by atoms with Gasteiger partial charge < -0.3 is 16.4 Å². The van der Waals surface area contributed by atoms with Crippen molar-refractivity contribution in [2.45, 2.75) is 26.7 Å². The molecule has 0 radical (unpaired) electrons. The van der Waals surface area contributed by atoms with E-state index in [1.807, 2.05) is 0 Å². The van der Waals surface area contributed by atoms with Crippen molar-refractivity contribution < 1.29 is 4.79 Å². The van der Waals surface area contributed by atoms with Crippen LogP contribution in [0.2, 0.25) is 0 Å². The Hall–Kier alpha value is -1.26. The van der Waals surface area contributed by atoms with Crippen molar-refractivity contribution in [3.05, 3.63) is 0 Å². The van der Waals surface area contributed by atoms with Gasteiger partial charge in [0.2, 0.25) is 0 Å². The standard InChI is InChI=1S/C9H20N4O/c1-3-4-5-12-9(14)13-6-7(2)8(10)11/h7H,3-6H2,1-2H3,(H3,10,11)(H2,12,13,14). The van der Waals surface area contributed by atoms with E-state index in [0.29, 0.717) is 13.1 Å². The Morgan fingerprint density at radius 1 is 1.50 bits per heavy atom. The normalized spacial score (nSPS) is 11.9. The van der Waals surface area contributed by atoms with Crippen LogP contribution in [0, 0.1) is 11.3 Å². The lowest BCUT2D eigenvalue weighted by Crippen LogP contribution is -2.40. The van der Waals surface area contributed by atoms with Gasteiger partial charge in [-0.1, -0.05) is 20.3 Å². The zero-order chi connectivity index (χ0) is 11.0. The van der Waals surface area contributed by atoms with E-state index in [1.165, 1.54) is 0 Å². The first-order chi connectivity index (χ1) is 6.57. The van der Waals surface area contributed by atoms with Crippen molar-refractivity contribution >= 4 is 11.9 Å². The maximum absolute atomic E-state index is 11.1. The average Bonchev–Trinajstić information content (AvgIpc) is 2.14.